The molecule has 0 unspecified atom stereocenters. The first-order chi connectivity index (χ1) is 21.3. The average molecular weight is 548 g/mol. The zero-order valence-corrected chi connectivity index (χ0v) is 23.3. The molecule has 0 bridgehead atoms. The predicted molar refractivity (Wildman–Crippen MR) is 178 cm³/mol. The van der Waals surface area contributed by atoms with Crippen molar-refractivity contribution in [1.29, 1.82) is 10.5 Å². The molecule has 3 heteroatoms. The summed E-state index contributed by atoms with van der Waals surface area (Å²) in [7, 11) is 0. The molecule has 0 aromatic heterocycles. The fraction of sp³-hybridized carbons (Fsp3) is 0. The fourth-order valence-electron chi connectivity index (χ4n) is 5.96. The minimum Gasteiger partial charge on any atom is -0.310 e. The van der Waals surface area contributed by atoms with Crippen LogP contribution < -0.4 is 4.90 Å². The van der Waals surface area contributed by atoms with Crippen molar-refractivity contribution >= 4 is 61.5 Å². The van der Waals surface area contributed by atoms with E-state index in [1.165, 1.54) is 10.8 Å². The minimum absolute atomic E-state index is 0.591. The van der Waals surface area contributed by atoms with Crippen LogP contribution in [0.2, 0.25) is 0 Å². The van der Waals surface area contributed by atoms with Crippen molar-refractivity contribution in [3.8, 4) is 12.1 Å². The highest BCUT2D eigenvalue weighted by atomic mass is 15.1. The van der Waals surface area contributed by atoms with Crippen molar-refractivity contribution in [2.75, 3.05) is 4.90 Å². The fourth-order valence-corrected chi connectivity index (χ4v) is 5.96. The summed E-state index contributed by atoms with van der Waals surface area (Å²) in [4.78, 5) is 2.29. The number of rotatable bonds is 5. The zero-order chi connectivity index (χ0) is 29.2. The van der Waals surface area contributed by atoms with Gasteiger partial charge in [0, 0.05) is 38.3 Å². The molecule has 7 aromatic rings. The number of para-hydroxylation sites is 1. The summed E-state index contributed by atoms with van der Waals surface area (Å²) in [6.07, 6.45) is 4.10. The molecule has 3 nitrogen and oxygen atoms in total. The lowest BCUT2D eigenvalue weighted by molar-refractivity contribution is 1.30. The van der Waals surface area contributed by atoms with E-state index in [0.29, 0.717) is 11.1 Å². The van der Waals surface area contributed by atoms with Crippen LogP contribution in [0.15, 0.2) is 140 Å². The van der Waals surface area contributed by atoms with Gasteiger partial charge in [-0.25, -0.2) is 0 Å². The van der Waals surface area contributed by atoms with Crippen molar-refractivity contribution in [3.05, 3.63) is 162 Å². The van der Waals surface area contributed by atoms with Gasteiger partial charge in [-0.05, 0) is 46.8 Å². The highest BCUT2D eigenvalue weighted by Gasteiger charge is 2.16. The number of nitrogens with zero attached hydrogens (tertiary/aromatic N) is 3. The zero-order valence-electron chi connectivity index (χ0n) is 23.3. The lowest BCUT2D eigenvalue weighted by Gasteiger charge is -2.27. The largest absolute Gasteiger partial charge is 0.310 e. The second-order valence-electron chi connectivity index (χ2n) is 10.4. The Balaban J connectivity index is 1.31. The third-order valence-corrected chi connectivity index (χ3v) is 7.93. The van der Waals surface area contributed by atoms with E-state index in [9.17, 15) is 10.5 Å². The number of nitriles is 2. The second-order valence-corrected chi connectivity index (χ2v) is 10.4. The third-order valence-electron chi connectivity index (χ3n) is 7.93. The van der Waals surface area contributed by atoms with E-state index < -0.39 is 0 Å². The number of anilines is 3. The Morgan fingerprint density at radius 2 is 1.05 bits per heavy atom. The van der Waals surface area contributed by atoms with E-state index in [4.69, 9.17) is 0 Å². The Hall–Kier alpha value is -6.16. The molecular weight excluding hydrogens is 522 g/mol. The van der Waals surface area contributed by atoms with Gasteiger partial charge in [-0.3, -0.25) is 0 Å². The summed E-state index contributed by atoms with van der Waals surface area (Å²) < 4.78 is 0. The Bertz CT molecular complexity index is 2240. The lowest BCUT2D eigenvalue weighted by atomic mass is 9.90. The van der Waals surface area contributed by atoms with Gasteiger partial charge in [0.25, 0.3) is 0 Å². The highest BCUT2D eigenvalue weighted by molar-refractivity contribution is 6.12. The van der Waals surface area contributed by atoms with Crippen molar-refractivity contribution in [2.24, 2.45) is 0 Å². The summed E-state index contributed by atoms with van der Waals surface area (Å²) in [6.45, 7) is 0. The normalized spacial score (nSPS) is 11.1. The maximum absolute atomic E-state index is 10.2. The lowest BCUT2D eigenvalue weighted by Crippen LogP contribution is -2.10. The molecule has 0 aliphatic carbocycles. The molecule has 200 valence electrons. The summed E-state index contributed by atoms with van der Waals surface area (Å²) in [5.74, 6) is 0. The molecule has 0 heterocycles. The van der Waals surface area contributed by atoms with Crippen molar-refractivity contribution in [3.63, 3.8) is 0 Å². The Kier molecular flexibility index (Phi) is 6.61. The van der Waals surface area contributed by atoms with Gasteiger partial charge in [0.1, 0.15) is 12.1 Å². The molecule has 0 radical (unpaired) electrons. The van der Waals surface area contributed by atoms with E-state index in [2.05, 4.69) is 114 Å². The molecule has 0 saturated heterocycles. The van der Waals surface area contributed by atoms with Gasteiger partial charge < -0.3 is 4.90 Å². The maximum Gasteiger partial charge on any atom is 0.100 e. The molecule has 0 aliphatic rings. The van der Waals surface area contributed by atoms with Crippen molar-refractivity contribution in [2.45, 2.75) is 0 Å². The minimum atomic E-state index is 0.591. The monoisotopic (exact) mass is 547 g/mol. The van der Waals surface area contributed by atoms with E-state index in [1.807, 2.05) is 54.6 Å². The van der Waals surface area contributed by atoms with Crippen LogP contribution in [0.25, 0.3) is 44.5 Å². The van der Waals surface area contributed by atoms with Gasteiger partial charge in [-0.2, -0.15) is 10.5 Å². The SMILES string of the molecule is N#Cc1c2ccccc2c(C#N)c2c(/C=C\c3ccc(N(c4ccccc4)c4cccc5ccccc45)cc3)cccc12. The molecule has 43 heavy (non-hydrogen) atoms. The first kappa shape index (κ1) is 25.8. The van der Waals surface area contributed by atoms with Crippen molar-refractivity contribution in [1.82, 2.24) is 0 Å². The van der Waals surface area contributed by atoms with E-state index in [-0.39, 0.29) is 0 Å². The summed E-state index contributed by atoms with van der Waals surface area (Å²) in [6, 6.07) is 52.1. The Morgan fingerprint density at radius 3 is 1.79 bits per heavy atom. The second kappa shape index (κ2) is 11.0. The van der Waals surface area contributed by atoms with Crippen LogP contribution in [0.3, 0.4) is 0 Å². The Morgan fingerprint density at radius 1 is 0.465 bits per heavy atom. The van der Waals surface area contributed by atoms with Gasteiger partial charge in [0.05, 0.1) is 16.8 Å². The topological polar surface area (TPSA) is 50.8 Å². The summed E-state index contributed by atoms with van der Waals surface area (Å²) in [5.41, 5.74) is 6.39. The van der Waals surface area contributed by atoms with Crippen LogP contribution in [0.4, 0.5) is 17.1 Å². The van der Waals surface area contributed by atoms with Crippen molar-refractivity contribution < 1.29 is 0 Å². The van der Waals surface area contributed by atoms with Gasteiger partial charge in [-0.1, -0.05) is 121 Å². The molecule has 0 amide bonds. The number of hydrogen-bond acceptors (Lipinski definition) is 3. The molecule has 0 saturated carbocycles. The molecule has 0 atom stereocenters. The molecule has 7 aromatic carbocycles. The van der Waals surface area contributed by atoms with Crippen LogP contribution in [-0.4, -0.2) is 0 Å². The van der Waals surface area contributed by atoms with E-state index in [1.54, 1.807) is 0 Å². The summed E-state index contributed by atoms with van der Waals surface area (Å²) >= 11 is 0. The Labute approximate surface area is 250 Å². The van der Waals surface area contributed by atoms with Gasteiger partial charge in [0.2, 0.25) is 0 Å². The first-order valence-corrected chi connectivity index (χ1v) is 14.2. The number of hydrogen-bond donors (Lipinski definition) is 0. The van der Waals surface area contributed by atoms with Crippen LogP contribution in [0, 0.1) is 22.7 Å². The molecule has 0 fully saturated rings. The number of benzene rings is 7. The summed E-state index contributed by atoms with van der Waals surface area (Å²) in [5, 5.41) is 25.8. The van der Waals surface area contributed by atoms with Crippen LogP contribution in [0.1, 0.15) is 22.3 Å². The number of fused-ring (bicyclic) bond motifs is 3. The molecular formula is C40H25N3. The van der Waals surface area contributed by atoms with Gasteiger partial charge in [0.15, 0.2) is 0 Å². The van der Waals surface area contributed by atoms with Crippen LogP contribution >= 0.6 is 0 Å². The quantitative estimate of drug-likeness (QED) is 0.159. The maximum atomic E-state index is 10.2. The average Bonchev–Trinajstić information content (AvgIpc) is 3.07. The van der Waals surface area contributed by atoms with E-state index >= 15 is 0 Å². The first-order valence-electron chi connectivity index (χ1n) is 14.2. The molecule has 0 spiro atoms. The predicted octanol–water partition coefficient (Wildman–Crippen LogP) is 10.5. The standard InChI is InChI=1S/C40H25N3/c41-26-37-34-16-6-7-17-35(34)38(27-42)40-30(12-8-18-36(37)40)23-20-28-21-24-32(25-22-28)43(31-13-2-1-3-14-31)39-19-9-11-29-10-4-5-15-33(29)39/h1-25H/b23-20-. The molecule has 7 rings (SSSR count). The van der Waals surface area contributed by atoms with Crippen LogP contribution in [0.5, 0.6) is 0 Å². The molecule has 0 aliphatic heterocycles. The molecule has 0 N–H and O–H groups in total. The van der Waals surface area contributed by atoms with Crippen LogP contribution in [-0.2, 0) is 0 Å². The smallest absolute Gasteiger partial charge is 0.100 e. The van der Waals surface area contributed by atoms with Gasteiger partial charge >= 0.3 is 0 Å². The third kappa shape index (κ3) is 4.56. The van der Waals surface area contributed by atoms with E-state index in [0.717, 1.165) is 49.7 Å². The van der Waals surface area contributed by atoms with Gasteiger partial charge in [-0.15, -0.1) is 0 Å². The highest BCUT2D eigenvalue weighted by Crippen LogP contribution is 2.39.